The Morgan fingerprint density at radius 1 is 0.925 bits per heavy atom. The number of alkyl halides is 6. The van der Waals surface area contributed by atoms with Gasteiger partial charge in [0, 0.05) is 57.5 Å². The number of carboxylic acids is 1. The van der Waals surface area contributed by atoms with Crippen LogP contribution in [-0.2, 0) is 27.3 Å². The zero-order valence-electron chi connectivity index (χ0n) is 29.5. The van der Waals surface area contributed by atoms with Crippen LogP contribution in [0.25, 0.3) is 21.9 Å². The molecule has 53 heavy (non-hydrogen) atoms. The summed E-state index contributed by atoms with van der Waals surface area (Å²) >= 11 is 0. The second kappa shape index (κ2) is 15.3. The highest BCUT2D eigenvalue weighted by Crippen LogP contribution is 2.48. The summed E-state index contributed by atoms with van der Waals surface area (Å²) in [7, 11) is 3.00. The van der Waals surface area contributed by atoms with E-state index in [0.29, 0.717) is 45.5 Å². The smallest absolute Gasteiger partial charge is 0.403 e. The van der Waals surface area contributed by atoms with Gasteiger partial charge < -0.3 is 24.6 Å². The Balaban J connectivity index is 1.28. The molecule has 0 saturated carbocycles. The summed E-state index contributed by atoms with van der Waals surface area (Å²) < 4.78 is 103. The zero-order chi connectivity index (χ0) is 38.1. The van der Waals surface area contributed by atoms with Crippen LogP contribution in [0, 0.1) is 5.41 Å². The molecule has 3 aromatic rings. The predicted molar refractivity (Wildman–Crippen MR) is 184 cm³/mol. The molecule has 1 amide bonds. The van der Waals surface area contributed by atoms with Crippen LogP contribution >= 0.6 is 0 Å². The van der Waals surface area contributed by atoms with E-state index < -0.39 is 60.5 Å². The number of carbonyl (C=O) groups is 2. The third-order valence-electron chi connectivity index (χ3n) is 11.0. The molecule has 3 aliphatic heterocycles. The first kappa shape index (κ1) is 38.6. The van der Waals surface area contributed by atoms with Crippen LogP contribution in [0.2, 0.25) is 0 Å². The second-order valence-electron chi connectivity index (χ2n) is 14.1. The van der Waals surface area contributed by atoms with E-state index in [-0.39, 0.29) is 58.7 Å². The molecule has 3 heterocycles. The first-order valence-electron chi connectivity index (χ1n) is 17.6. The third kappa shape index (κ3) is 7.79. The summed E-state index contributed by atoms with van der Waals surface area (Å²) in [5.74, 6) is -4.69. The molecule has 3 saturated heterocycles. The molecular formula is C38H43F6N3O6. The lowest BCUT2D eigenvalue weighted by molar-refractivity contribution is -0.234. The molecular weight excluding hydrogens is 708 g/mol. The van der Waals surface area contributed by atoms with E-state index in [4.69, 9.17) is 14.2 Å². The number of carbonyl (C=O) groups excluding carboxylic acids is 1. The number of nitrogens with one attached hydrogen (secondary N) is 1. The summed E-state index contributed by atoms with van der Waals surface area (Å²) in [4.78, 5) is 29.6. The number of rotatable bonds is 11. The van der Waals surface area contributed by atoms with Gasteiger partial charge in [-0.3, -0.25) is 14.6 Å². The second-order valence-corrected chi connectivity index (χ2v) is 14.1. The van der Waals surface area contributed by atoms with Crippen LogP contribution in [0.15, 0.2) is 48.5 Å². The Bertz CT molecular complexity index is 1800. The fourth-order valence-electron chi connectivity index (χ4n) is 7.88. The zero-order valence-corrected chi connectivity index (χ0v) is 29.5. The summed E-state index contributed by atoms with van der Waals surface area (Å²) in [5, 5.41) is 13.6. The number of amides is 1. The quantitative estimate of drug-likeness (QED) is 0.222. The number of hydrogen-bond donors (Lipinski definition) is 2. The number of hydrogen-bond acceptors (Lipinski definition) is 7. The van der Waals surface area contributed by atoms with Crippen molar-refractivity contribution in [1.82, 2.24) is 15.1 Å². The Hall–Kier alpha value is -4.08. The monoisotopic (exact) mass is 751 g/mol. The first-order chi connectivity index (χ1) is 25.2. The number of nitrogens with zero attached hydrogens (tertiary/aromatic N) is 2. The highest BCUT2D eigenvalue weighted by Gasteiger charge is 2.61. The third-order valence-corrected chi connectivity index (χ3v) is 11.0. The van der Waals surface area contributed by atoms with Crippen molar-refractivity contribution < 1.29 is 55.2 Å². The fourth-order valence-corrected chi connectivity index (χ4v) is 7.88. The molecule has 3 atom stereocenters. The Kier molecular flexibility index (Phi) is 11.2. The Morgan fingerprint density at radius 2 is 1.60 bits per heavy atom. The summed E-state index contributed by atoms with van der Waals surface area (Å²) in [6.07, 6.45) is -8.43. The van der Waals surface area contributed by atoms with Crippen molar-refractivity contribution in [3.8, 4) is 22.6 Å². The van der Waals surface area contributed by atoms with Crippen LogP contribution in [0.4, 0.5) is 26.3 Å². The van der Waals surface area contributed by atoms with Crippen LogP contribution in [-0.4, -0.2) is 111 Å². The number of halogens is 6. The summed E-state index contributed by atoms with van der Waals surface area (Å²) in [6.45, 7) is 0.298. The maximum atomic E-state index is 14.7. The Labute approximate surface area is 303 Å². The van der Waals surface area contributed by atoms with Gasteiger partial charge in [0.1, 0.15) is 29.1 Å². The minimum Gasteiger partial charge on any atom is -0.496 e. The average molecular weight is 752 g/mol. The van der Waals surface area contributed by atoms with Gasteiger partial charge >= 0.3 is 12.1 Å². The molecule has 0 bridgehead atoms. The van der Waals surface area contributed by atoms with E-state index in [0.717, 1.165) is 5.56 Å². The largest absolute Gasteiger partial charge is 0.496 e. The number of ether oxygens (including phenoxy) is 3. The minimum absolute atomic E-state index is 0.0492. The van der Waals surface area contributed by atoms with E-state index in [9.17, 15) is 41.0 Å². The van der Waals surface area contributed by atoms with Gasteiger partial charge in [0.05, 0.1) is 39.0 Å². The normalized spacial score (nSPS) is 22.7. The number of fused-ring (bicyclic) bond motifs is 1. The molecule has 288 valence electrons. The summed E-state index contributed by atoms with van der Waals surface area (Å²) in [5.41, 5.74) is -0.386. The van der Waals surface area contributed by atoms with Crippen LogP contribution < -0.4 is 14.8 Å². The molecule has 9 nitrogen and oxygen atoms in total. The average Bonchev–Trinajstić information content (AvgIpc) is 3.56. The molecule has 0 spiro atoms. The number of carboxylic acid groups (broad SMARTS) is 1. The molecule has 0 unspecified atom stereocenters. The number of likely N-dealkylation sites (tertiary alicyclic amines) is 2. The summed E-state index contributed by atoms with van der Waals surface area (Å²) in [6, 6.07) is 11.7. The van der Waals surface area contributed by atoms with Gasteiger partial charge in [0.15, 0.2) is 0 Å². The van der Waals surface area contributed by atoms with Crippen molar-refractivity contribution in [2.75, 3.05) is 53.6 Å². The molecule has 2 N–H and O–H groups in total. The van der Waals surface area contributed by atoms with E-state index in [1.54, 1.807) is 35.2 Å². The standard InChI is InChI=1S/C38H43F6N3O6/c1-51-31-10-9-24(20-46-15-13-37(40,41)14-16-46)33(52-2)32(31)27-8-4-6-25-23(5-3-7-26(25)27)19-29(34(48)49)45-35(50)36(38(42,43)44)11-17-47(18-12-36)30-22-53-21-28(30)39/h3-10,28-30H,11-22H2,1-2H3,(H,45,50)(H,48,49)/t28-,29+,30-/m1/s1. The molecule has 15 heteroatoms. The number of benzene rings is 3. The molecule has 3 fully saturated rings. The van der Waals surface area contributed by atoms with Gasteiger partial charge in [-0.1, -0.05) is 42.5 Å². The Morgan fingerprint density at radius 3 is 2.21 bits per heavy atom. The number of methoxy groups -OCH3 is 2. The van der Waals surface area contributed by atoms with E-state index in [1.165, 1.54) is 14.2 Å². The molecule has 6 rings (SSSR count). The van der Waals surface area contributed by atoms with Crippen LogP contribution in [0.1, 0.15) is 36.8 Å². The number of aliphatic carboxylic acids is 1. The molecule has 3 aromatic carbocycles. The molecule has 0 aromatic heterocycles. The van der Waals surface area contributed by atoms with Crippen molar-refractivity contribution in [3.63, 3.8) is 0 Å². The SMILES string of the molecule is COc1ccc(CN2CCC(F)(F)CC2)c(OC)c1-c1cccc2c(C[C@H](NC(=O)C3(C(F)(F)F)CCN([C@@H]4COC[C@H]4F)CC3)C(=O)O)cccc12. The van der Waals surface area contributed by atoms with E-state index in [2.05, 4.69) is 5.32 Å². The fraction of sp³-hybridized carbons (Fsp3) is 0.526. The van der Waals surface area contributed by atoms with E-state index in [1.807, 2.05) is 23.1 Å². The van der Waals surface area contributed by atoms with Crippen molar-refractivity contribution >= 4 is 22.6 Å². The van der Waals surface area contributed by atoms with Crippen molar-refractivity contribution in [2.24, 2.45) is 5.41 Å². The maximum Gasteiger partial charge on any atom is 0.403 e. The van der Waals surface area contributed by atoms with Gasteiger partial charge in [0.2, 0.25) is 5.91 Å². The lowest BCUT2D eigenvalue weighted by Crippen LogP contribution is -2.60. The van der Waals surface area contributed by atoms with Gasteiger partial charge in [-0.25, -0.2) is 18.0 Å². The van der Waals surface area contributed by atoms with Crippen LogP contribution in [0.3, 0.4) is 0 Å². The van der Waals surface area contributed by atoms with Gasteiger partial charge in [0.25, 0.3) is 5.92 Å². The topological polar surface area (TPSA) is 101 Å². The number of piperidine rings is 2. The highest BCUT2D eigenvalue weighted by molar-refractivity contribution is 6.01. The van der Waals surface area contributed by atoms with Gasteiger partial charge in [-0.05, 0) is 40.8 Å². The van der Waals surface area contributed by atoms with Gasteiger partial charge in [-0.15, -0.1) is 0 Å². The molecule has 0 radical (unpaired) electrons. The first-order valence-corrected chi connectivity index (χ1v) is 17.6. The maximum absolute atomic E-state index is 14.7. The lowest BCUT2D eigenvalue weighted by atomic mass is 9.76. The lowest BCUT2D eigenvalue weighted by Gasteiger charge is -2.43. The molecule has 3 aliphatic rings. The predicted octanol–water partition coefficient (Wildman–Crippen LogP) is 6.25. The van der Waals surface area contributed by atoms with Crippen molar-refractivity contribution in [2.45, 2.75) is 69.0 Å². The molecule has 0 aliphatic carbocycles. The minimum atomic E-state index is -4.98. The van der Waals surface area contributed by atoms with E-state index >= 15 is 0 Å². The van der Waals surface area contributed by atoms with Gasteiger partial charge in [-0.2, -0.15) is 13.2 Å². The van der Waals surface area contributed by atoms with Crippen molar-refractivity contribution in [1.29, 1.82) is 0 Å². The van der Waals surface area contributed by atoms with Crippen LogP contribution in [0.5, 0.6) is 11.5 Å². The highest BCUT2D eigenvalue weighted by atomic mass is 19.4. The van der Waals surface area contributed by atoms with Crippen molar-refractivity contribution in [3.05, 3.63) is 59.7 Å².